The molecule has 2 N–H and O–H groups in total. The Morgan fingerprint density at radius 1 is 1.25 bits per heavy atom. The Labute approximate surface area is 194 Å². The molecule has 3 aromatic heterocycles. The fraction of sp³-hybridized carbons (Fsp3) is 0.304. The molecule has 4 aromatic rings. The van der Waals surface area contributed by atoms with Crippen LogP contribution in [0.2, 0.25) is 0 Å². The molecule has 0 aliphatic carbocycles. The van der Waals surface area contributed by atoms with Gasteiger partial charge in [-0.05, 0) is 58.4 Å². The summed E-state index contributed by atoms with van der Waals surface area (Å²) in [5.41, 5.74) is 4.30. The zero-order chi connectivity index (χ0) is 23.0. The number of fused-ring (bicyclic) bond motifs is 1. The quantitative estimate of drug-likeness (QED) is 0.430. The van der Waals surface area contributed by atoms with Crippen LogP contribution in [0.25, 0.3) is 15.9 Å². The summed E-state index contributed by atoms with van der Waals surface area (Å²) in [6, 6.07) is 9.61. The molecule has 1 atom stereocenters. The van der Waals surface area contributed by atoms with Gasteiger partial charge in [-0.1, -0.05) is 12.1 Å². The number of thioether (sulfide) groups is 1. The SMILES string of the molecule is Cc1cc(C)n(-c2ccccc2NC(=O)C(C)SCc2nc3sc(C)c(C)c3c(=O)[nH]2)n1. The van der Waals surface area contributed by atoms with E-state index in [4.69, 9.17) is 0 Å². The van der Waals surface area contributed by atoms with Gasteiger partial charge in [0, 0.05) is 10.6 Å². The van der Waals surface area contributed by atoms with Crippen molar-refractivity contribution >= 4 is 44.9 Å². The van der Waals surface area contributed by atoms with Gasteiger partial charge in [0.15, 0.2) is 0 Å². The number of H-pyrrole nitrogens is 1. The maximum absolute atomic E-state index is 12.9. The number of amides is 1. The van der Waals surface area contributed by atoms with E-state index < -0.39 is 0 Å². The summed E-state index contributed by atoms with van der Waals surface area (Å²) < 4.78 is 1.83. The molecule has 0 aliphatic rings. The second-order valence-corrected chi connectivity index (χ2v) is 10.3. The van der Waals surface area contributed by atoms with Crippen molar-refractivity contribution in [2.24, 2.45) is 0 Å². The minimum Gasteiger partial charge on any atom is -0.323 e. The normalized spacial score (nSPS) is 12.3. The number of rotatable bonds is 6. The molecule has 1 unspecified atom stereocenters. The molecule has 0 radical (unpaired) electrons. The number of hydrogen-bond acceptors (Lipinski definition) is 6. The van der Waals surface area contributed by atoms with E-state index in [9.17, 15) is 9.59 Å². The summed E-state index contributed by atoms with van der Waals surface area (Å²) in [5.74, 6) is 0.904. The van der Waals surface area contributed by atoms with Gasteiger partial charge in [0.25, 0.3) is 5.56 Å². The van der Waals surface area contributed by atoms with E-state index in [1.165, 1.54) is 23.1 Å². The van der Waals surface area contributed by atoms with Crippen molar-refractivity contribution in [2.45, 2.75) is 45.6 Å². The minimum absolute atomic E-state index is 0.116. The number of para-hydroxylation sites is 2. The van der Waals surface area contributed by atoms with Crippen molar-refractivity contribution in [3.63, 3.8) is 0 Å². The molecule has 7 nitrogen and oxygen atoms in total. The van der Waals surface area contributed by atoms with Crippen LogP contribution in [-0.4, -0.2) is 30.9 Å². The zero-order valence-electron chi connectivity index (χ0n) is 18.6. The van der Waals surface area contributed by atoms with E-state index in [1.54, 1.807) is 0 Å². The highest BCUT2D eigenvalue weighted by molar-refractivity contribution is 7.99. The molecular formula is C23H25N5O2S2. The fourth-order valence-corrected chi connectivity index (χ4v) is 5.32. The number of benzene rings is 1. The Morgan fingerprint density at radius 3 is 2.72 bits per heavy atom. The fourth-order valence-electron chi connectivity index (χ4n) is 3.52. The van der Waals surface area contributed by atoms with E-state index in [0.717, 1.165) is 32.3 Å². The van der Waals surface area contributed by atoms with Gasteiger partial charge >= 0.3 is 0 Å². The number of anilines is 1. The first-order valence-corrected chi connectivity index (χ1v) is 12.1. The lowest BCUT2D eigenvalue weighted by molar-refractivity contribution is -0.115. The molecule has 0 fully saturated rings. The summed E-state index contributed by atoms with van der Waals surface area (Å²) in [6.45, 7) is 9.71. The number of carbonyl (C=O) groups excluding carboxylic acids is 1. The highest BCUT2D eigenvalue weighted by Crippen LogP contribution is 2.27. The van der Waals surface area contributed by atoms with Crippen molar-refractivity contribution in [1.82, 2.24) is 19.7 Å². The van der Waals surface area contributed by atoms with Gasteiger partial charge in [-0.25, -0.2) is 9.67 Å². The Balaban J connectivity index is 1.47. The molecule has 0 saturated heterocycles. The first-order chi connectivity index (χ1) is 15.2. The summed E-state index contributed by atoms with van der Waals surface area (Å²) in [6.07, 6.45) is 0. The van der Waals surface area contributed by atoms with Crippen LogP contribution in [0.4, 0.5) is 5.69 Å². The molecule has 9 heteroatoms. The number of nitrogens with zero attached hydrogens (tertiary/aromatic N) is 3. The Kier molecular flexibility index (Phi) is 6.21. The van der Waals surface area contributed by atoms with Crippen molar-refractivity contribution < 1.29 is 4.79 Å². The molecular weight excluding hydrogens is 442 g/mol. The lowest BCUT2D eigenvalue weighted by Gasteiger charge is -2.15. The van der Waals surface area contributed by atoms with Crippen LogP contribution in [0.5, 0.6) is 0 Å². The van der Waals surface area contributed by atoms with Crippen LogP contribution < -0.4 is 10.9 Å². The van der Waals surface area contributed by atoms with Crippen molar-refractivity contribution in [1.29, 1.82) is 0 Å². The van der Waals surface area contributed by atoms with Crippen LogP contribution in [0, 0.1) is 27.7 Å². The van der Waals surface area contributed by atoms with Gasteiger partial charge < -0.3 is 10.3 Å². The van der Waals surface area contributed by atoms with Gasteiger partial charge in [-0.2, -0.15) is 5.10 Å². The summed E-state index contributed by atoms with van der Waals surface area (Å²) in [7, 11) is 0. The number of aromatic nitrogens is 4. The van der Waals surface area contributed by atoms with Crippen molar-refractivity contribution in [3.05, 3.63) is 68.3 Å². The molecule has 166 valence electrons. The molecule has 0 bridgehead atoms. The van der Waals surface area contributed by atoms with Gasteiger partial charge in [0.2, 0.25) is 5.91 Å². The van der Waals surface area contributed by atoms with Crippen molar-refractivity contribution in [3.8, 4) is 5.69 Å². The number of nitrogens with one attached hydrogen (secondary N) is 2. The van der Waals surface area contributed by atoms with Gasteiger partial charge in [-0.15, -0.1) is 23.1 Å². The highest BCUT2D eigenvalue weighted by atomic mass is 32.2. The van der Waals surface area contributed by atoms with E-state index >= 15 is 0 Å². The monoisotopic (exact) mass is 467 g/mol. The molecule has 1 amide bonds. The third kappa shape index (κ3) is 4.35. The van der Waals surface area contributed by atoms with Crippen LogP contribution in [0.1, 0.15) is 34.6 Å². The molecule has 0 aliphatic heterocycles. The standard InChI is InChI=1S/C23H25N5O2S2/c1-12-10-13(2)28(27-12)18-9-7-6-8-17(18)24-21(29)16(5)31-11-19-25-22(30)20-14(3)15(4)32-23(20)26-19/h6-10,16H,11H2,1-5H3,(H,24,29)(H,25,26,30). The third-order valence-corrected chi connectivity index (χ3v) is 7.58. The van der Waals surface area contributed by atoms with Gasteiger partial charge in [0.05, 0.1) is 33.5 Å². The lowest BCUT2D eigenvalue weighted by atomic mass is 10.2. The molecule has 3 heterocycles. The average Bonchev–Trinajstić information content (AvgIpc) is 3.23. The summed E-state index contributed by atoms with van der Waals surface area (Å²) in [5, 5.41) is 7.88. The van der Waals surface area contributed by atoms with Crippen LogP contribution >= 0.6 is 23.1 Å². The highest BCUT2D eigenvalue weighted by Gasteiger charge is 2.18. The number of carbonyl (C=O) groups is 1. The zero-order valence-corrected chi connectivity index (χ0v) is 20.3. The Bertz CT molecular complexity index is 1370. The maximum atomic E-state index is 12.9. The Hall–Kier alpha value is -2.91. The van der Waals surface area contributed by atoms with Crippen LogP contribution in [-0.2, 0) is 10.5 Å². The smallest absolute Gasteiger partial charge is 0.259 e. The van der Waals surface area contributed by atoms with E-state index in [-0.39, 0.29) is 16.7 Å². The molecule has 0 spiro atoms. The van der Waals surface area contributed by atoms with Crippen LogP contribution in [0.15, 0.2) is 35.1 Å². The topological polar surface area (TPSA) is 92.7 Å². The largest absolute Gasteiger partial charge is 0.323 e. The number of aromatic amines is 1. The second-order valence-electron chi connectivity index (χ2n) is 7.77. The first-order valence-electron chi connectivity index (χ1n) is 10.3. The second kappa shape index (κ2) is 8.91. The van der Waals surface area contributed by atoms with E-state index in [2.05, 4.69) is 20.4 Å². The molecule has 32 heavy (non-hydrogen) atoms. The Morgan fingerprint density at radius 2 is 2.00 bits per heavy atom. The van der Waals surface area contributed by atoms with Crippen LogP contribution in [0.3, 0.4) is 0 Å². The minimum atomic E-state index is -0.337. The van der Waals surface area contributed by atoms with Gasteiger partial charge in [-0.3, -0.25) is 9.59 Å². The third-order valence-electron chi connectivity index (χ3n) is 5.33. The predicted octanol–water partition coefficient (Wildman–Crippen LogP) is 4.66. The molecule has 4 rings (SSSR count). The molecule has 1 aromatic carbocycles. The van der Waals surface area contributed by atoms with Crippen molar-refractivity contribution in [2.75, 3.05) is 5.32 Å². The van der Waals surface area contributed by atoms with Gasteiger partial charge in [0.1, 0.15) is 10.7 Å². The number of thiophene rings is 1. The lowest BCUT2D eigenvalue weighted by Crippen LogP contribution is -2.24. The van der Waals surface area contributed by atoms with E-state index in [1.807, 2.05) is 69.6 Å². The maximum Gasteiger partial charge on any atom is 0.259 e. The predicted molar refractivity (Wildman–Crippen MR) is 132 cm³/mol. The summed E-state index contributed by atoms with van der Waals surface area (Å²) in [4.78, 5) is 34.7. The average molecular weight is 468 g/mol. The number of aryl methyl sites for hydroxylation is 4. The van der Waals surface area contributed by atoms with E-state index in [0.29, 0.717) is 22.7 Å². The first kappa shape index (κ1) is 22.3. The summed E-state index contributed by atoms with van der Waals surface area (Å²) >= 11 is 2.96. The number of hydrogen-bond donors (Lipinski definition) is 2. The molecule has 0 saturated carbocycles.